The van der Waals surface area contributed by atoms with Gasteiger partial charge >= 0.3 is 0 Å². The number of rotatable bonds is 34. The van der Waals surface area contributed by atoms with Crippen molar-refractivity contribution in [3.8, 4) is 0 Å². The molecule has 2 aromatic carbocycles. The summed E-state index contributed by atoms with van der Waals surface area (Å²) < 4.78 is 57.9. The molecule has 0 aliphatic heterocycles. The van der Waals surface area contributed by atoms with Gasteiger partial charge < -0.3 is 0 Å². The Morgan fingerprint density at radius 3 is 0.769 bits per heavy atom. The molecule has 0 unspecified atom stereocenters. The number of hydrogen-bond donors (Lipinski definition) is 0. The monoisotopic (exact) mass is 765 g/mol. The smallest absolute Gasteiger partial charge is 0.266 e. The lowest BCUT2D eigenvalue weighted by Crippen LogP contribution is -2.07. The van der Waals surface area contributed by atoms with E-state index in [4.69, 9.17) is 8.37 Å². The SMILES string of the molecule is CCCCCCCCCCCCCCCCCCOS(=O)(=O)c1ccccc1.CCCCCCCCCCCCCCOS(=O)(=O)c1ccccc1. The summed E-state index contributed by atoms with van der Waals surface area (Å²) in [6.45, 7) is 5.10. The molecule has 2 rings (SSSR count). The van der Waals surface area contributed by atoms with Crippen molar-refractivity contribution in [3.05, 3.63) is 60.7 Å². The molecule has 0 saturated carbocycles. The molecule has 2 aromatic rings. The Morgan fingerprint density at radius 2 is 0.538 bits per heavy atom. The van der Waals surface area contributed by atoms with E-state index in [1.807, 2.05) is 0 Å². The fourth-order valence-corrected chi connectivity index (χ4v) is 8.17. The van der Waals surface area contributed by atoms with Crippen LogP contribution in [0, 0.1) is 0 Å². The van der Waals surface area contributed by atoms with Crippen LogP contribution in [0.3, 0.4) is 0 Å². The van der Waals surface area contributed by atoms with Gasteiger partial charge in [0.25, 0.3) is 20.2 Å². The lowest BCUT2D eigenvalue weighted by Gasteiger charge is -2.06. The first-order valence-corrected chi connectivity index (χ1v) is 24.0. The van der Waals surface area contributed by atoms with Gasteiger partial charge in [-0.25, -0.2) is 0 Å². The second kappa shape index (κ2) is 33.8. The van der Waals surface area contributed by atoms with E-state index < -0.39 is 20.2 Å². The zero-order valence-corrected chi connectivity index (χ0v) is 34.9. The second-order valence-corrected chi connectivity index (χ2v) is 17.6. The van der Waals surface area contributed by atoms with Crippen LogP contribution in [0.2, 0.25) is 0 Å². The highest BCUT2D eigenvalue weighted by molar-refractivity contribution is 7.87. The second-order valence-electron chi connectivity index (χ2n) is 14.4. The van der Waals surface area contributed by atoms with E-state index in [2.05, 4.69) is 13.8 Å². The van der Waals surface area contributed by atoms with E-state index in [-0.39, 0.29) is 23.0 Å². The van der Waals surface area contributed by atoms with Crippen molar-refractivity contribution < 1.29 is 25.2 Å². The Kier molecular flexibility index (Phi) is 31.4. The highest BCUT2D eigenvalue weighted by Gasteiger charge is 2.14. The molecule has 0 aromatic heterocycles. The molecule has 0 aliphatic rings. The van der Waals surface area contributed by atoms with Crippen LogP contribution in [0.25, 0.3) is 0 Å². The minimum absolute atomic E-state index is 0.240. The Hall–Kier alpha value is -1.74. The van der Waals surface area contributed by atoms with E-state index in [1.165, 1.54) is 154 Å². The van der Waals surface area contributed by atoms with Crippen LogP contribution in [-0.4, -0.2) is 30.0 Å². The average molecular weight is 765 g/mol. The predicted molar refractivity (Wildman–Crippen MR) is 220 cm³/mol. The average Bonchev–Trinajstić information content (AvgIpc) is 3.15. The highest BCUT2D eigenvalue weighted by Crippen LogP contribution is 2.17. The number of benzene rings is 2. The van der Waals surface area contributed by atoms with Crippen molar-refractivity contribution in [2.75, 3.05) is 13.2 Å². The largest absolute Gasteiger partial charge is 0.296 e. The maximum Gasteiger partial charge on any atom is 0.296 e. The summed E-state index contributed by atoms with van der Waals surface area (Å²) >= 11 is 0. The molecule has 52 heavy (non-hydrogen) atoms. The van der Waals surface area contributed by atoms with Crippen molar-refractivity contribution in [3.63, 3.8) is 0 Å². The first-order valence-electron chi connectivity index (χ1n) is 21.2. The van der Waals surface area contributed by atoms with Crippen molar-refractivity contribution >= 4 is 20.2 Å². The third-order valence-corrected chi connectivity index (χ3v) is 12.2. The fourth-order valence-electron chi connectivity index (χ4n) is 6.24. The third kappa shape index (κ3) is 27.8. The first kappa shape index (κ1) is 48.3. The molecule has 0 saturated heterocycles. The summed E-state index contributed by atoms with van der Waals surface area (Å²) in [6.07, 6.45) is 36.1. The van der Waals surface area contributed by atoms with Gasteiger partial charge in [-0.15, -0.1) is 0 Å². The third-order valence-electron chi connectivity index (χ3n) is 9.54. The Morgan fingerprint density at radius 1 is 0.327 bits per heavy atom. The van der Waals surface area contributed by atoms with Crippen LogP contribution in [0.5, 0.6) is 0 Å². The molecular weight excluding hydrogens is 689 g/mol. The van der Waals surface area contributed by atoms with Crippen LogP contribution in [-0.2, 0) is 28.6 Å². The van der Waals surface area contributed by atoms with Gasteiger partial charge in [-0.05, 0) is 37.1 Å². The number of hydrogen-bond acceptors (Lipinski definition) is 6. The summed E-state index contributed by atoms with van der Waals surface area (Å²) in [7, 11) is -7.16. The van der Waals surface area contributed by atoms with E-state index in [0.717, 1.165) is 25.7 Å². The highest BCUT2D eigenvalue weighted by atomic mass is 32.2. The van der Waals surface area contributed by atoms with Crippen molar-refractivity contribution in [2.45, 2.75) is 203 Å². The molecular formula is C44H76O6S2. The Labute approximate surface area is 321 Å². The van der Waals surface area contributed by atoms with Gasteiger partial charge in [-0.3, -0.25) is 8.37 Å². The van der Waals surface area contributed by atoms with Crippen LogP contribution >= 0.6 is 0 Å². The molecule has 0 N–H and O–H groups in total. The van der Waals surface area contributed by atoms with Crippen LogP contribution in [0.4, 0.5) is 0 Å². The summed E-state index contributed by atoms with van der Waals surface area (Å²) in [6, 6.07) is 16.7. The topological polar surface area (TPSA) is 86.7 Å². The van der Waals surface area contributed by atoms with Gasteiger partial charge in [-0.2, -0.15) is 16.8 Å². The quantitative estimate of drug-likeness (QED) is 0.0521. The van der Waals surface area contributed by atoms with E-state index >= 15 is 0 Å². The van der Waals surface area contributed by atoms with Crippen molar-refractivity contribution in [1.29, 1.82) is 0 Å². The van der Waals surface area contributed by atoms with Gasteiger partial charge in [0, 0.05) is 0 Å². The molecule has 0 spiro atoms. The van der Waals surface area contributed by atoms with Gasteiger partial charge in [0.15, 0.2) is 0 Å². The van der Waals surface area contributed by atoms with Crippen LogP contribution < -0.4 is 0 Å². The molecule has 8 heteroatoms. The molecule has 0 amide bonds. The summed E-state index contributed by atoms with van der Waals surface area (Å²) in [5.74, 6) is 0. The maximum absolute atomic E-state index is 12.0. The van der Waals surface area contributed by atoms with E-state index in [9.17, 15) is 16.8 Å². The van der Waals surface area contributed by atoms with Crippen molar-refractivity contribution in [1.82, 2.24) is 0 Å². The Balaban J connectivity index is 0.000000526. The molecule has 0 radical (unpaired) electrons. The molecule has 0 atom stereocenters. The lowest BCUT2D eigenvalue weighted by molar-refractivity contribution is 0.305. The minimum atomic E-state index is -3.58. The van der Waals surface area contributed by atoms with Gasteiger partial charge in [0.05, 0.1) is 23.0 Å². The maximum atomic E-state index is 12.0. The van der Waals surface area contributed by atoms with Gasteiger partial charge in [0.2, 0.25) is 0 Å². The number of unbranched alkanes of at least 4 members (excludes halogenated alkanes) is 26. The van der Waals surface area contributed by atoms with Crippen LogP contribution in [0.15, 0.2) is 70.5 Å². The summed E-state index contributed by atoms with van der Waals surface area (Å²) in [5, 5.41) is 0. The Bertz CT molecular complexity index is 1250. The fraction of sp³-hybridized carbons (Fsp3) is 0.727. The zero-order valence-electron chi connectivity index (χ0n) is 33.3. The zero-order chi connectivity index (χ0) is 37.9. The first-order chi connectivity index (χ1) is 25.3. The minimum Gasteiger partial charge on any atom is -0.266 e. The summed E-state index contributed by atoms with van der Waals surface area (Å²) in [4.78, 5) is 0.482. The van der Waals surface area contributed by atoms with Crippen molar-refractivity contribution in [2.24, 2.45) is 0 Å². The normalized spacial score (nSPS) is 11.7. The van der Waals surface area contributed by atoms with E-state index in [0.29, 0.717) is 0 Å². The predicted octanol–water partition coefficient (Wildman–Crippen LogP) is 13.7. The molecule has 6 nitrogen and oxygen atoms in total. The lowest BCUT2D eigenvalue weighted by atomic mass is 10.0. The van der Waals surface area contributed by atoms with E-state index in [1.54, 1.807) is 60.7 Å². The van der Waals surface area contributed by atoms with Gasteiger partial charge in [-0.1, -0.05) is 217 Å². The molecule has 0 heterocycles. The van der Waals surface area contributed by atoms with Gasteiger partial charge in [0.1, 0.15) is 0 Å². The molecule has 0 aliphatic carbocycles. The standard InChI is InChI=1S/C24H42O3S.C20H34O3S/c1-2-3-4-5-6-7-8-9-10-11-12-13-14-15-16-20-23-27-28(25,26)24-21-18-17-19-22-24;1-2-3-4-5-6-7-8-9-10-11-12-16-19-23-24(21,22)20-17-14-13-15-18-20/h17-19,21-22H,2-16,20,23H2,1H3;13-15,17-18H,2-12,16,19H2,1H3. The molecule has 300 valence electrons. The van der Waals surface area contributed by atoms with Crippen LogP contribution in [0.1, 0.15) is 194 Å². The summed E-state index contributed by atoms with van der Waals surface area (Å²) in [5.41, 5.74) is 0. The molecule has 0 fully saturated rings. The molecule has 0 bridgehead atoms.